The molecule has 3 rings (SSSR count). The van der Waals surface area contributed by atoms with Crippen LogP contribution in [0.25, 0.3) is 0 Å². The van der Waals surface area contributed by atoms with Crippen LogP contribution in [-0.2, 0) is 10.0 Å². The van der Waals surface area contributed by atoms with Gasteiger partial charge in [0.2, 0.25) is 10.0 Å². The lowest BCUT2D eigenvalue weighted by molar-refractivity contribution is 0.0698. The highest BCUT2D eigenvalue weighted by atomic mass is 32.2. The van der Waals surface area contributed by atoms with E-state index in [1.807, 2.05) is 30.3 Å². The van der Waals surface area contributed by atoms with Crippen LogP contribution >= 0.6 is 0 Å². The summed E-state index contributed by atoms with van der Waals surface area (Å²) in [6, 6.07) is 15.4. The summed E-state index contributed by atoms with van der Waals surface area (Å²) >= 11 is 0. The lowest BCUT2D eigenvalue weighted by atomic mass is 10.0. The van der Waals surface area contributed by atoms with E-state index in [1.165, 1.54) is 34.1 Å². The highest BCUT2D eigenvalue weighted by Crippen LogP contribution is 2.20. The molecule has 0 aliphatic carbocycles. The Morgan fingerprint density at radius 3 is 2.04 bits per heavy atom. The van der Waals surface area contributed by atoms with Crippen LogP contribution in [0.4, 0.5) is 0 Å². The molecule has 1 aliphatic heterocycles. The third kappa shape index (κ3) is 4.08. The molecule has 1 amide bonds. The van der Waals surface area contributed by atoms with Crippen molar-refractivity contribution >= 4 is 15.9 Å². The average Bonchev–Trinajstić information content (AvgIpc) is 2.73. The van der Waals surface area contributed by atoms with E-state index in [0.29, 0.717) is 30.1 Å². The molecule has 6 nitrogen and oxygen atoms in total. The van der Waals surface area contributed by atoms with Crippen LogP contribution in [0.5, 0.6) is 0 Å². The van der Waals surface area contributed by atoms with Crippen molar-refractivity contribution in [1.29, 1.82) is 5.26 Å². The van der Waals surface area contributed by atoms with Crippen molar-refractivity contribution in [2.75, 3.05) is 26.2 Å². The fourth-order valence-electron chi connectivity index (χ4n) is 3.18. The van der Waals surface area contributed by atoms with E-state index in [4.69, 9.17) is 5.26 Å². The van der Waals surface area contributed by atoms with E-state index < -0.39 is 10.0 Å². The zero-order chi connectivity index (χ0) is 20.3. The van der Waals surface area contributed by atoms with Crippen molar-refractivity contribution in [2.45, 2.75) is 24.7 Å². The molecular weight excluding hydrogens is 374 g/mol. The van der Waals surface area contributed by atoms with Gasteiger partial charge in [0.15, 0.2) is 0 Å². The highest BCUT2D eigenvalue weighted by Gasteiger charge is 2.30. The molecule has 0 radical (unpaired) electrons. The standard InChI is InChI=1S/C21H23N3O3S/c1-16(2)18-5-7-19(8-6-18)21(25)23-11-13-24(14-12-23)28(26,27)20-9-3-17(15-22)4-10-20/h3-10,16H,11-14H2,1-2H3. The Labute approximate surface area is 166 Å². The Morgan fingerprint density at radius 2 is 1.54 bits per heavy atom. The number of amides is 1. The number of carbonyl (C=O) groups excluding carboxylic acids is 1. The third-order valence-corrected chi connectivity index (χ3v) is 6.88. The topological polar surface area (TPSA) is 81.5 Å². The molecule has 1 fully saturated rings. The molecule has 2 aromatic carbocycles. The number of sulfonamides is 1. The lowest BCUT2D eigenvalue weighted by Gasteiger charge is -2.34. The Hall–Kier alpha value is -2.69. The molecule has 0 unspecified atom stereocenters. The molecule has 0 atom stereocenters. The number of carbonyl (C=O) groups is 1. The van der Waals surface area contributed by atoms with Crippen molar-refractivity contribution in [1.82, 2.24) is 9.21 Å². The average molecular weight is 398 g/mol. The van der Waals surface area contributed by atoms with Crippen LogP contribution in [0.3, 0.4) is 0 Å². The molecule has 1 aliphatic rings. The second-order valence-corrected chi connectivity index (χ2v) is 9.05. The quantitative estimate of drug-likeness (QED) is 0.794. The summed E-state index contributed by atoms with van der Waals surface area (Å²) in [7, 11) is -3.63. The SMILES string of the molecule is CC(C)c1ccc(C(=O)N2CCN(S(=O)(=O)c3ccc(C#N)cc3)CC2)cc1. The van der Waals surface area contributed by atoms with Gasteiger partial charge in [0.05, 0.1) is 16.5 Å². The van der Waals surface area contributed by atoms with Gasteiger partial charge in [-0.25, -0.2) is 8.42 Å². The molecule has 146 valence electrons. The van der Waals surface area contributed by atoms with E-state index in [0.717, 1.165) is 0 Å². The van der Waals surface area contributed by atoms with Crippen molar-refractivity contribution in [3.63, 3.8) is 0 Å². The van der Waals surface area contributed by atoms with Gasteiger partial charge < -0.3 is 4.90 Å². The maximum Gasteiger partial charge on any atom is 0.253 e. The third-order valence-electron chi connectivity index (χ3n) is 4.97. The second-order valence-electron chi connectivity index (χ2n) is 7.11. The van der Waals surface area contributed by atoms with E-state index in [2.05, 4.69) is 13.8 Å². The van der Waals surface area contributed by atoms with Gasteiger partial charge in [0, 0.05) is 31.7 Å². The summed E-state index contributed by atoms with van der Waals surface area (Å²) in [4.78, 5) is 14.6. The summed E-state index contributed by atoms with van der Waals surface area (Å²) in [6.45, 7) is 5.39. The first-order valence-corrected chi connectivity index (χ1v) is 10.7. The fraction of sp³-hybridized carbons (Fsp3) is 0.333. The lowest BCUT2D eigenvalue weighted by Crippen LogP contribution is -2.50. The van der Waals surface area contributed by atoms with Crippen LogP contribution < -0.4 is 0 Å². The Balaban J connectivity index is 1.66. The molecule has 0 aromatic heterocycles. The van der Waals surface area contributed by atoms with Crippen LogP contribution in [0.2, 0.25) is 0 Å². The summed E-state index contributed by atoms with van der Waals surface area (Å²) in [6.07, 6.45) is 0. The van der Waals surface area contributed by atoms with Crippen LogP contribution in [-0.4, -0.2) is 49.7 Å². The van der Waals surface area contributed by atoms with Gasteiger partial charge in [-0.2, -0.15) is 9.57 Å². The van der Waals surface area contributed by atoms with Crippen molar-refractivity contribution in [3.8, 4) is 6.07 Å². The van der Waals surface area contributed by atoms with Gasteiger partial charge in [-0.1, -0.05) is 26.0 Å². The van der Waals surface area contributed by atoms with Crippen LogP contribution in [0.1, 0.15) is 41.3 Å². The van der Waals surface area contributed by atoms with Gasteiger partial charge >= 0.3 is 0 Å². The predicted molar refractivity (Wildman–Crippen MR) is 106 cm³/mol. The molecule has 1 saturated heterocycles. The number of hydrogen-bond acceptors (Lipinski definition) is 4. The number of hydrogen-bond donors (Lipinski definition) is 0. The first-order chi connectivity index (χ1) is 13.3. The fourth-order valence-corrected chi connectivity index (χ4v) is 4.60. The Kier molecular flexibility index (Phi) is 5.82. The Morgan fingerprint density at radius 1 is 0.964 bits per heavy atom. The minimum atomic E-state index is -3.63. The molecule has 0 spiro atoms. The number of piperazine rings is 1. The number of nitrogens with zero attached hydrogens (tertiary/aromatic N) is 3. The van der Waals surface area contributed by atoms with Crippen molar-refractivity contribution in [2.24, 2.45) is 0 Å². The zero-order valence-corrected chi connectivity index (χ0v) is 16.8. The van der Waals surface area contributed by atoms with E-state index in [-0.39, 0.29) is 23.9 Å². The molecule has 0 saturated carbocycles. The first-order valence-electron chi connectivity index (χ1n) is 9.22. The van der Waals surface area contributed by atoms with Gasteiger partial charge in [0.25, 0.3) is 5.91 Å². The molecule has 0 N–H and O–H groups in total. The van der Waals surface area contributed by atoms with Gasteiger partial charge in [-0.15, -0.1) is 0 Å². The molecular formula is C21H23N3O3S. The number of rotatable bonds is 4. The van der Waals surface area contributed by atoms with Crippen LogP contribution in [0.15, 0.2) is 53.4 Å². The van der Waals surface area contributed by atoms with Crippen molar-refractivity contribution < 1.29 is 13.2 Å². The van der Waals surface area contributed by atoms with Crippen molar-refractivity contribution in [3.05, 3.63) is 65.2 Å². The van der Waals surface area contributed by atoms with Gasteiger partial charge in [-0.05, 0) is 47.9 Å². The summed E-state index contributed by atoms with van der Waals surface area (Å²) in [5, 5.41) is 8.85. The molecule has 28 heavy (non-hydrogen) atoms. The molecule has 0 bridgehead atoms. The second kappa shape index (κ2) is 8.13. The largest absolute Gasteiger partial charge is 0.336 e. The van der Waals surface area contributed by atoms with E-state index in [1.54, 1.807) is 4.90 Å². The maximum absolute atomic E-state index is 12.8. The molecule has 1 heterocycles. The number of nitriles is 1. The minimum absolute atomic E-state index is 0.0780. The summed E-state index contributed by atoms with van der Waals surface area (Å²) in [5.41, 5.74) is 2.21. The first kappa shape index (κ1) is 20.1. The number of benzene rings is 2. The zero-order valence-electron chi connectivity index (χ0n) is 16.0. The van der Waals surface area contributed by atoms with Crippen LogP contribution in [0, 0.1) is 11.3 Å². The van der Waals surface area contributed by atoms with Gasteiger partial charge in [-0.3, -0.25) is 4.79 Å². The van der Waals surface area contributed by atoms with E-state index in [9.17, 15) is 13.2 Å². The maximum atomic E-state index is 12.8. The summed E-state index contributed by atoms with van der Waals surface area (Å²) < 4.78 is 26.9. The summed E-state index contributed by atoms with van der Waals surface area (Å²) in [5.74, 6) is 0.325. The molecule has 2 aromatic rings. The smallest absolute Gasteiger partial charge is 0.253 e. The Bertz CT molecular complexity index is 983. The minimum Gasteiger partial charge on any atom is -0.336 e. The highest BCUT2D eigenvalue weighted by molar-refractivity contribution is 7.89. The molecule has 7 heteroatoms. The van der Waals surface area contributed by atoms with Gasteiger partial charge in [0.1, 0.15) is 0 Å². The van der Waals surface area contributed by atoms with E-state index >= 15 is 0 Å². The normalized spacial score (nSPS) is 15.4. The predicted octanol–water partition coefficient (Wildman–Crippen LogP) is 2.83. The monoisotopic (exact) mass is 397 g/mol.